The zero-order valence-corrected chi connectivity index (χ0v) is 18.3. The second-order valence-electron chi connectivity index (χ2n) is 7.96. The summed E-state index contributed by atoms with van der Waals surface area (Å²) in [6.07, 6.45) is 2.19. The number of likely N-dealkylation sites (N-methyl/N-ethyl adjacent to an activating group) is 1. The third kappa shape index (κ3) is 4.08. The summed E-state index contributed by atoms with van der Waals surface area (Å²) in [7, 11) is 0. The largest absolute Gasteiger partial charge is 0.312 e. The van der Waals surface area contributed by atoms with Crippen molar-refractivity contribution in [1.29, 1.82) is 0 Å². The monoisotopic (exact) mass is 415 g/mol. The Hall–Kier alpha value is -3.47. The SMILES string of the molecule is CCN(C(=O)Cc1c(-c2ccc(F)c(C)c2)nc2ccc(C)cn12)c1cccc(C)c1. The van der Waals surface area contributed by atoms with Crippen molar-refractivity contribution in [3.8, 4) is 11.3 Å². The molecule has 0 atom stereocenters. The van der Waals surface area contributed by atoms with E-state index >= 15 is 0 Å². The first kappa shape index (κ1) is 20.8. The molecular formula is C26H26FN3O. The first-order valence-corrected chi connectivity index (χ1v) is 10.5. The summed E-state index contributed by atoms with van der Waals surface area (Å²) in [4.78, 5) is 20.0. The minimum absolute atomic E-state index is 0.00325. The molecule has 5 heteroatoms. The van der Waals surface area contributed by atoms with Gasteiger partial charge >= 0.3 is 0 Å². The molecule has 0 aliphatic heterocycles. The fraction of sp³-hybridized carbons (Fsp3) is 0.231. The van der Waals surface area contributed by atoms with E-state index in [9.17, 15) is 9.18 Å². The van der Waals surface area contributed by atoms with E-state index in [1.807, 2.05) is 67.8 Å². The number of rotatable bonds is 5. The fourth-order valence-corrected chi connectivity index (χ4v) is 3.93. The molecule has 0 aliphatic rings. The smallest absolute Gasteiger partial charge is 0.233 e. The van der Waals surface area contributed by atoms with Crippen molar-refractivity contribution in [2.45, 2.75) is 34.1 Å². The summed E-state index contributed by atoms with van der Waals surface area (Å²) in [6.45, 7) is 8.31. The van der Waals surface area contributed by atoms with E-state index in [4.69, 9.17) is 4.98 Å². The molecule has 0 bridgehead atoms. The van der Waals surface area contributed by atoms with Gasteiger partial charge in [0.05, 0.1) is 17.8 Å². The van der Waals surface area contributed by atoms with Crippen LogP contribution in [0.1, 0.15) is 29.3 Å². The maximum atomic E-state index is 13.9. The Morgan fingerprint density at radius 2 is 1.84 bits per heavy atom. The Morgan fingerprint density at radius 3 is 2.55 bits per heavy atom. The van der Waals surface area contributed by atoms with Crippen LogP contribution in [-0.4, -0.2) is 21.8 Å². The molecule has 0 aliphatic carbocycles. The first-order valence-electron chi connectivity index (χ1n) is 10.5. The average molecular weight is 416 g/mol. The topological polar surface area (TPSA) is 37.6 Å². The molecule has 4 nitrogen and oxygen atoms in total. The Bertz CT molecular complexity index is 1280. The van der Waals surface area contributed by atoms with Crippen LogP contribution >= 0.6 is 0 Å². The number of nitrogens with zero attached hydrogens (tertiary/aromatic N) is 3. The highest BCUT2D eigenvalue weighted by Gasteiger charge is 2.21. The zero-order chi connectivity index (χ0) is 22.1. The lowest BCUT2D eigenvalue weighted by molar-refractivity contribution is -0.118. The number of carbonyl (C=O) groups excluding carboxylic acids is 1. The van der Waals surface area contributed by atoms with Crippen molar-refractivity contribution in [1.82, 2.24) is 9.38 Å². The minimum atomic E-state index is -0.252. The summed E-state index contributed by atoms with van der Waals surface area (Å²) in [6, 6.07) is 16.9. The third-order valence-electron chi connectivity index (χ3n) is 5.55. The Morgan fingerprint density at radius 1 is 1.03 bits per heavy atom. The molecule has 2 aromatic heterocycles. The molecule has 2 heterocycles. The number of hydrogen-bond acceptors (Lipinski definition) is 2. The number of anilines is 1. The molecule has 0 fully saturated rings. The van der Waals surface area contributed by atoms with E-state index in [1.165, 1.54) is 6.07 Å². The predicted octanol–water partition coefficient (Wildman–Crippen LogP) is 5.66. The predicted molar refractivity (Wildman–Crippen MR) is 123 cm³/mol. The minimum Gasteiger partial charge on any atom is -0.312 e. The Kier molecular flexibility index (Phi) is 5.59. The number of pyridine rings is 1. The van der Waals surface area contributed by atoms with Gasteiger partial charge in [-0.05, 0) is 80.8 Å². The van der Waals surface area contributed by atoms with Gasteiger partial charge in [0.15, 0.2) is 0 Å². The average Bonchev–Trinajstić information content (AvgIpc) is 3.08. The summed E-state index contributed by atoms with van der Waals surface area (Å²) < 4.78 is 15.8. The summed E-state index contributed by atoms with van der Waals surface area (Å²) >= 11 is 0. The van der Waals surface area contributed by atoms with Crippen LogP contribution in [0.5, 0.6) is 0 Å². The number of amides is 1. The molecule has 0 spiro atoms. The quantitative estimate of drug-likeness (QED) is 0.422. The van der Waals surface area contributed by atoms with E-state index in [-0.39, 0.29) is 18.1 Å². The van der Waals surface area contributed by atoms with Gasteiger partial charge < -0.3 is 9.30 Å². The number of benzene rings is 2. The van der Waals surface area contributed by atoms with Crippen LogP contribution in [0.2, 0.25) is 0 Å². The molecular weight excluding hydrogens is 389 g/mol. The van der Waals surface area contributed by atoms with Gasteiger partial charge in [0, 0.05) is 24.0 Å². The molecule has 2 aromatic carbocycles. The zero-order valence-electron chi connectivity index (χ0n) is 18.3. The molecule has 4 rings (SSSR count). The van der Waals surface area contributed by atoms with E-state index in [0.29, 0.717) is 17.8 Å². The number of carbonyl (C=O) groups is 1. The molecule has 158 valence electrons. The second kappa shape index (κ2) is 8.34. The van der Waals surface area contributed by atoms with Crippen molar-refractivity contribution >= 4 is 17.2 Å². The van der Waals surface area contributed by atoms with Crippen LogP contribution in [0, 0.1) is 26.6 Å². The van der Waals surface area contributed by atoms with Crippen molar-refractivity contribution in [3.05, 3.63) is 89.0 Å². The van der Waals surface area contributed by atoms with Gasteiger partial charge in [0.1, 0.15) is 11.5 Å². The number of imidazole rings is 1. The molecule has 0 unspecified atom stereocenters. The van der Waals surface area contributed by atoms with E-state index in [2.05, 4.69) is 0 Å². The molecule has 0 radical (unpaired) electrons. The molecule has 0 N–H and O–H groups in total. The van der Waals surface area contributed by atoms with E-state index < -0.39 is 0 Å². The van der Waals surface area contributed by atoms with E-state index in [0.717, 1.165) is 33.7 Å². The third-order valence-corrected chi connectivity index (χ3v) is 5.55. The Labute approximate surface area is 182 Å². The highest BCUT2D eigenvalue weighted by atomic mass is 19.1. The molecule has 4 aromatic rings. The highest BCUT2D eigenvalue weighted by molar-refractivity contribution is 5.95. The lowest BCUT2D eigenvalue weighted by Gasteiger charge is -2.22. The van der Waals surface area contributed by atoms with Crippen LogP contribution in [0.25, 0.3) is 16.9 Å². The van der Waals surface area contributed by atoms with E-state index in [1.54, 1.807) is 24.0 Å². The van der Waals surface area contributed by atoms with Crippen LogP contribution in [0.15, 0.2) is 60.8 Å². The van der Waals surface area contributed by atoms with Crippen LogP contribution < -0.4 is 4.90 Å². The number of halogens is 1. The molecule has 0 saturated heterocycles. The number of aryl methyl sites for hydroxylation is 3. The second-order valence-corrected chi connectivity index (χ2v) is 7.96. The summed E-state index contributed by atoms with van der Waals surface area (Å²) in [5, 5.41) is 0. The molecule has 1 amide bonds. The number of fused-ring (bicyclic) bond motifs is 1. The van der Waals surface area contributed by atoms with Crippen molar-refractivity contribution in [2.75, 3.05) is 11.4 Å². The summed E-state index contributed by atoms with van der Waals surface area (Å²) in [5.41, 5.74) is 6.71. The maximum Gasteiger partial charge on any atom is 0.233 e. The highest BCUT2D eigenvalue weighted by Crippen LogP contribution is 2.28. The summed E-state index contributed by atoms with van der Waals surface area (Å²) in [5.74, 6) is -0.255. The maximum absolute atomic E-state index is 13.9. The van der Waals surface area contributed by atoms with Crippen molar-refractivity contribution in [3.63, 3.8) is 0 Å². The molecule has 31 heavy (non-hydrogen) atoms. The number of aromatic nitrogens is 2. The van der Waals surface area contributed by atoms with Gasteiger partial charge in [-0.3, -0.25) is 4.79 Å². The fourth-order valence-electron chi connectivity index (χ4n) is 3.93. The first-order chi connectivity index (χ1) is 14.9. The van der Waals surface area contributed by atoms with Gasteiger partial charge in [0.2, 0.25) is 5.91 Å². The Balaban J connectivity index is 1.80. The van der Waals surface area contributed by atoms with Gasteiger partial charge in [-0.1, -0.05) is 18.2 Å². The normalized spacial score (nSPS) is 11.1. The van der Waals surface area contributed by atoms with Gasteiger partial charge in [0.25, 0.3) is 0 Å². The molecule has 0 saturated carbocycles. The van der Waals surface area contributed by atoms with Crippen molar-refractivity contribution in [2.24, 2.45) is 0 Å². The van der Waals surface area contributed by atoms with Gasteiger partial charge in [-0.15, -0.1) is 0 Å². The lowest BCUT2D eigenvalue weighted by Crippen LogP contribution is -2.32. The standard InChI is InChI=1S/C26H26FN3O/c1-5-29(21-8-6-7-17(2)13-21)25(31)15-23-26(20-10-11-22(27)19(4)14-20)28-24-12-9-18(3)16-30(23)24/h6-14,16H,5,15H2,1-4H3. The number of hydrogen-bond donors (Lipinski definition) is 0. The van der Waals surface area contributed by atoms with Crippen LogP contribution in [-0.2, 0) is 11.2 Å². The van der Waals surface area contributed by atoms with Crippen molar-refractivity contribution < 1.29 is 9.18 Å². The van der Waals surface area contributed by atoms with Crippen LogP contribution in [0.4, 0.5) is 10.1 Å². The van der Waals surface area contributed by atoms with Crippen LogP contribution in [0.3, 0.4) is 0 Å². The van der Waals surface area contributed by atoms with Gasteiger partial charge in [-0.25, -0.2) is 9.37 Å². The van der Waals surface area contributed by atoms with Gasteiger partial charge in [-0.2, -0.15) is 0 Å². The lowest BCUT2D eigenvalue weighted by atomic mass is 10.0.